The number of aliphatic hydroxyl groups excluding tert-OH is 1. The smallest absolute Gasteiger partial charge is 0.0694 e. The van der Waals surface area contributed by atoms with Crippen molar-refractivity contribution in [1.82, 2.24) is 5.32 Å². The van der Waals surface area contributed by atoms with Crippen molar-refractivity contribution in [2.24, 2.45) is 11.8 Å². The second-order valence-electron chi connectivity index (χ2n) is 5.05. The van der Waals surface area contributed by atoms with Gasteiger partial charge in [0.1, 0.15) is 0 Å². The Kier molecular flexibility index (Phi) is 4.00. The Balaban J connectivity index is 1.64. The number of nitrogens with one attached hydrogen (secondary N) is 1. The van der Waals surface area contributed by atoms with Crippen LogP contribution >= 0.6 is 0 Å². The SMILES string of the molecule is CC(NCC(O)C1CCOCC1)C1CC1. The highest BCUT2D eigenvalue weighted by molar-refractivity contribution is 4.84. The lowest BCUT2D eigenvalue weighted by Gasteiger charge is -2.27. The zero-order chi connectivity index (χ0) is 10.7. The second-order valence-corrected chi connectivity index (χ2v) is 5.05. The molecule has 1 saturated heterocycles. The van der Waals surface area contributed by atoms with Gasteiger partial charge >= 0.3 is 0 Å². The van der Waals surface area contributed by atoms with Crippen molar-refractivity contribution >= 4 is 0 Å². The summed E-state index contributed by atoms with van der Waals surface area (Å²) in [7, 11) is 0. The lowest BCUT2D eigenvalue weighted by molar-refractivity contribution is 0.00760. The first-order chi connectivity index (χ1) is 7.27. The molecule has 0 spiro atoms. The van der Waals surface area contributed by atoms with E-state index in [0.717, 1.165) is 38.5 Å². The molecule has 88 valence electrons. The van der Waals surface area contributed by atoms with Gasteiger partial charge in [-0.15, -0.1) is 0 Å². The normalized spacial score (nSPS) is 27.6. The average Bonchev–Trinajstić information content (AvgIpc) is 3.10. The van der Waals surface area contributed by atoms with Gasteiger partial charge in [0.05, 0.1) is 6.10 Å². The van der Waals surface area contributed by atoms with E-state index in [1.807, 2.05) is 0 Å². The molecule has 0 aromatic carbocycles. The summed E-state index contributed by atoms with van der Waals surface area (Å²) < 4.78 is 5.29. The van der Waals surface area contributed by atoms with Gasteiger partial charge < -0.3 is 15.2 Å². The molecule has 2 N–H and O–H groups in total. The molecule has 0 aromatic heterocycles. The second kappa shape index (κ2) is 5.28. The van der Waals surface area contributed by atoms with Crippen molar-refractivity contribution < 1.29 is 9.84 Å². The standard InChI is InChI=1S/C12H23NO2/c1-9(10-2-3-10)13-8-12(14)11-4-6-15-7-5-11/h9-14H,2-8H2,1H3. The summed E-state index contributed by atoms with van der Waals surface area (Å²) in [4.78, 5) is 0. The molecule has 3 heteroatoms. The van der Waals surface area contributed by atoms with Crippen LogP contribution in [0.5, 0.6) is 0 Å². The van der Waals surface area contributed by atoms with Gasteiger partial charge in [-0.05, 0) is 44.4 Å². The molecule has 2 aliphatic rings. The van der Waals surface area contributed by atoms with E-state index in [0.29, 0.717) is 12.0 Å². The van der Waals surface area contributed by atoms with Gasteiger partial charge in [0.2, 0.25) is 0 Å². The van der Waals surface area contributed by atoms with Crippen LogP contribution in [-0.2, 0) is 4.74 Å². The Morgan fingerprint density at radius 3 is 2.47 bits per heavy atom. The van der Waals surface area contributed by atoms with E-state index in [1.54, 1.807) is 0 Å². The van der Waals surface area contributed by atoms with Crippen LogP contribution in [0.4, 0.5) is 0 Å². The van der Waals surface area contributed by atoms with E-state index < -0.39 is 0 Å². The highest BCUT2D eigenvalue weighted by Gasteiger charge is 2.29. The maximum Gasteiger partial charge on any atom is 0.0694 e. The summed E-state index contributed by atoms with van der Waals surface area (Å²) in [5.74, 6) is 1.31. The van der Waals surface area contributed by atoms with Crippen LogP contribution in [0.15, 0.2) is 0 Å². The Bertz CT molecular complexity index is 188. The van der Waals surface area contributed by atoms with Crippen molar-refractivity contribution in [2.45, 2.75) is 44.8 Å². The summed E-state index contributed by atoms with van der Waals surface area (Å²) in [5, 5.41) is 13.5. The molecular formula is C12H23NO2. The fourth-order valence-electron chi connectivity index (χ4n) is 2.34. The largest absolute Gasteiger partial charge is 0.392 e. The third-order valence-corrected chi connectivity index (χ3v) is 3.79. The molecular weight excluding hydrogens is 190 g/mol. The van der Waals surface area contributed by atoms with E-state index in [1.165, 1.54) is 12.8 Å². The Hall–Kier alpha value is -0.120. The zero-order valence-electron chi connectivity index (χ0n) is 9.61. The van der Waals surface area contributed by atoms with Crippen molar-refractivity contribution in [3.8, 4) is 0 Å². The van der Waals surface area contributed by atoms with Crippen molar-refractivity contribution in [3.63, 3.8) is 0 Å². The summed E-state index contributed by atoms with van der Waals surface area (Å²) in [6.45, 7) is 4.62. The van der Waals surface area contributed by atoms with Crippen LogP contribution in [0.3, 0.4) is 0 Å². The highest BCUT2D eigenvalue weighted by atomic mass is 16.5. The number of hydrogen-bond donors (Lipinski definition) is 2. The van der Waals surface area contributed by atoms with Crippen molar-refractivity contribution in [2.75, 3.05) is 19.8 Å². The van der Waals surface area contributed by atoms with Gasteiger partial charge in [-0.2, -0.15) is 0 Å². The van der Waals surface area contributed by atoms with Gasteiger partial charge in [0.15, 0.2) is 0 Å². The molecule has 2 atom stereocenters. The summed E-state index contributed by atoms with van der Waals surface area (Å²) in [6, 6.07) is 0.583. The number of ether oxygens (including phenoxy) is 1. The van der Waals surface area contributed by atoms with E-state index in [9.17, 15) is 5.11 Å². The minimum absolute atomic E-state index is 0.185. The van der Waals surface area contributed by atoms with Crippen LogP contribution in [0.1, 0.15) is 32.6 Å². The average molecular weight is 213 g/mol. The number of rotatable bonds is 5. The van der Waals surface area contributed by atoms with Crippen molar-refractivity contribution in [3.05, 3.63) is 0 Å². The molecule has 0 amide bonds. The summed E-state index contributed by atoms with van der Waals surface area (Å²) in [6.07, 6.45) is 4.57. The predicted molar refractivity (Wildman–Crippen MR) is 59.7 cm³/mol. The highest BCUT2D eigenvalue weighted by Crippen LogP contribution is 2.32. The third kappa shape index (κ3) is 3.44. The molecule has 15 heavy (non-hydrogen) atoms. The Morgan fingerprint density at radius 1 is 1.20 bits per heavy atom. The maximum atomic E-state index is 10.0. The Morgan fingerprint density at radius 2 is 1.87 bits per heavy atom. The van der Waals surface area contributed by atoms with E-state index in [4.69, 9.17) is 4.74 Å². The van der Waals surface area contributed by atoms with Gasteiger partial charge in [0, 0.05) is 25.8 Å². The molecule has 0 radical (unpaired) electrons. The molecule has 1 heterocycles. The van der Waals surface area contributed by atoms with Gasteiger partial charge in [-0.3, -0.25) is 0 Å². The van der Waals surface area contributed by atoms with E-state index in [2.05, 4.69) is 12.2 Å². The molecule has 2 fully saturated rings. The molecule has 0 bridgehead atoms. The molecule has 2 unspecified atom stereocenters. The lowest BCUT2D eigenvalue weighted by atomic mass is 9.94. The van der Waals surface area contributed by atoms with Crippen LogP contribution in [0.25, 0.3) is 0 Å². The molecule has 0 aromatic rings. The number of aliphatic hydroxyl groups is 1. The van der Waals surface area contributed by atoms with Crippen LogP contribution in [0.2, 0.25) is 0 Å². The topological polar surface area (TPSA) is 41.5 Å². The molecule has 1 saturated carbocycles. The minimum atomic E-state index is -0.185. The molecule has 1 aliphatic carbocycles. The fraction of sp³-hybridized carbons (Fsp3) is 1.00. The first kappa shape index (κ1) is 11.4. The summed E-state index contributed by atoms with van der Waals surface area (Å²) in [5.41, 5.74) is 0. The first-order valence-electron chi connectivity index (χ1n) is 6.26. The van der Waals surface area contributed by atoms with Gasteiger partial charge in [-0.1, -0.05) is 0 Å². The zero-order valence-corrected chi connectivity index (χ0v) is 9.61. The van der Waals surface area contributed by atoms with Crippen LogP contribution < -0.4 is 5.32 Å². The summed E-state index contributed by atoms with van der Waals surface area (Å²) >= 11 is 0. The van der Waals surface area contributed by atoms with Crippen LogP contribution in [-0.4, -0.2) is 37.0 Å². The number of hydrogen-bond acceptors (Lipinski definition) is 3. The van der Waals surface area contributed by atoms with E-state index in [-0.39, 0.29) is 6.10 Å². The minimum Gasteiger partial charge on any atom is -0.392 e. The van der Waals surface area contributed by atoms with E-state index >= 15 is 0 Å². The maximum absolute atomic E-state index is 10.0. The third-order valence-electron chi connectivity index (χ3n) is 3.79. The van der Waals surface area contributed by atoms with Gasteiger partial charge in [-0.25, -0.2) is 0 Å². The van der Waals surface area contributed by atoms with Gasteiger partial charge in [0.25, 0.3) is 0 Å². The molecule has 2 rings (SSSR count). The first-order valence-corrected chi connectivity index (χ1v) is 6.26. The van der Waals surface area contributed by atoms with Crippen molar-refractivity contribution in [1.29, 1.82) is 0 Å². The molecule has 3 nitrogen and oxygen atoms in total. The monoisotopic (exact) mass is 213 g/mol. The molecule has 1 aliphatic heterocycles. The fourth-order valence-corrected chi connectivity index (χ4v) is 2.34. The van der Waals surface area contributed by atoms with Crippen LogP contribution in [0, 0.1) is 11.8 Å². The quantitative estimate of drug-likeness (QED) is 0.720. The Labute approximate surface area is 92.2 Å². The lowest BCUT2D eigenvalue weighted by Crippen LogP contribution is -2.40. The predicted octanol–water partition coefficient (Wildman–Crippen LogP) is 1.16.